The Morgan fingerprint density at radius 1 is 1.14 bits per heavy atom. The Hall–Kier alpha value is -2.98. The number of Topliss-reactive ketones (excluding diaryl/α,β-unsaturated/α-hetero) is 1. The Labute approximate surface area is 207 Å². The van der Waals surface area contributed by atoms with E-state index in [2.05, 4.69) is 34.8 Å². The first kappa shape index (κ1) is 25.1. The fraction of sp³-hybridized carbons (Fsp3) is 0.360. The lowest BCUT2D eigenvalue weighted by molar-refractivity contribution is -0.120. The second-order valence-electron chi connectivity index (χ2n) is 10.3. The zero-order valence-electron chi connectivity index (χ0n) is 20.2. The third-order valence-electron chi connectivity index (χ3n) is 6.19. The number of sulfonamides is 1. The summed E-state index contributed by atoms with van der Waals surface area (Å²) < 4.78 is 42.6. The van der Waals surface area contributed by atoms with Crippen LogP contribution in [0.25, 0.3) is 5.76 Å². The molecule has 0 aromatic heterocycles. The number of aliphatic hydroxyl groups excluding tert-OH is 1. The topological polar surface area (TPSA) is 125 Å². The molecule has 186 valence electrons. The van der Waals surface area contributed by atoms with Crippen molar-refractivity contribution in [2.45, 2.75) is 50.8 Å². The van der Waals surface area contributed by atoms with Gasteiger partial charge in [0.1, 0.15) is 17.2 Å². The lowest BCUT2D eigenvalue weighted by Crippen LogP contribution is -2.40. The van der Waals surface area contributed by atoms with Gasteiger partial charge in [-0.05, 0) is 42.9 Å². The molecule has 10 heteroatoms. The highest BCUT2D eigenvalue weighted by molar-refractivity contribution is 7.92. The number of carbonyl (C=O) groups excluding carboxylic acids is 1. The van der Waals surface area contributed by atoms with E-state index in [0.717, 1.165) is 18.2 Å². The molecule has 1 atom stereocenters. The van der Waals surface area contributed by atoms with E-state index in [0.29, 0.717) is 12.0 Å². The summed E-state index contributed by atoms with van der Waals surface area (Å²) in [6.07, 6.45) is 2.34. The van der Waals surface area contributed by atoms with Gasteiger partial charge in [-0.25, -0.2) is 13.4 Å². The summed E-state index contributed by atoms with van der Waals surface area (Å²) in [4.78, 5) is 18.6. The Kier molecular flexibility index (Phi) is 6.17. The summed E-state index contributed by atoms with van der Waals surface area (Å²) in [6, 6.07) is 11.6. The van der Waals surface area contributed by atoms with E-state index in [1.165, 1.54) is 18.2 Å². The third-order valence-corrected chi connectivity index (χ3v) is 7.84. The van der Waals surface area contributed by atoms with Crippen LogP contribution in [0.2, 0.25) is 0 Å². The van der Waals surface area contributed by atoms with E-state index in [4.69, 9.17) is 0 Å². The highest BCUT2D eigenvalue weighted by atomic mass is 32.2. The molecule has 0 unspecified atom stereocenters. The van der Waals surface area contributed by atoms with Crippen molar-refractivity contribution in [3.05, 3.63) is 59.2 Å². The quantitative estimate of drug-likeness (QED) is 0.528. The van der Waals surface area contributed by atoms with Gasteiger partial charge < -0.3 is 13.7 Å². The molecule has 0 saturated heterocycles. The summed E-state index contributed by atoms with van der Waals surface area (Å²) in [5, 5.41) is 11.2. The number of hydrogen-bond donors (Lipinski definition) is 2. The van der Waals surface area contributed by atoms with Crippen molar-refractivity contribution in [3.63, 3.8) is 0 Å². The van der Waals surface area contributed by atoms with Crippen LogP contribution in [0.1, 0.15) is 51.7 Å². The molecule has 2 N–H and O–H groups in total. The summed E-state index contributed by atoms with van der Waals surface area (Å²) in [5.41, 5.74) is 0.799. The van der Waals surface area contributed by atoms with E-state index in [1.54, 1.807) is 12.1 Å². The number of fused-ring (bicyclic) bond motifs is 2. The van der Waals surface area contributed by atoms with Gasteiger partial charge in [0.2, 0.25) is 10.0 Å². The number of aliphatic imine (C=N–C) groups is 1. The predicted octanol–water partition coefficient (Wildman–Crippen LogP) is 5.24. The van der Waals surface area contributed by atoms with Crippen molar-refractivity contribution in [1.82, 2.24) is 0 Å². The van der Waals surface area contributed by atoms with Crippen molar-refractivity contribution in [1.29, 1.82) is 0 Å². The molecule has 0 spiro atoms. The van der Waals surface area contributed by atoms with Crippen molar-refractivity contribution in [3.8, 4) is 0 Å². The number of aliphatic hydroxyl groups is 1. The van der Waals surface area contributed by atoms with Gasteiger partial charge >= 0.3 is 0 Å². The van der Waals surface area contributed by atoms with Gasteiger partial charge in [0.05, 0.1) is 17.4 Å². The number of ketones is 1. The molecular formula is C25H28N3O5S2-. The maximum absolute atomic E-state index is 13.9. The Morgan fingerprint density at radius 2 is 1.83 bits per heavy atom. The van der Waals surface area contributed by atoms with E-state index in [-0.39, 0.29) is 44.6 Å². The van der Waals surface area contributed by atoms with Gasteiger partial charge in [0.15, 0.2) is 5.78 Å². The van der Waals surface area contributed by atoms with Crippen LogP contribution in [0.4, 0.5) is 11.4 Å². The molecule has 0 radical (unpaired) electrons. The van der Waals surface area contributed by atoms with Gasteiger partial charge in [-0.15, -0.1) is 0 Å². The summed E-state index contributed by atoms with van der Waals surface area (Å²) >= 11 is 0. The zero-order valence-corrected chi connectivity index (χ0v) is 21.9. The van der Waals surface area contributed by atoms with Crippen LogP contribution in [0.15, 0.2) is 62.3 Å². The lowest BCUT2D eigenvalue weighted by atomic mass is 9.65. The molecule has 0 bridgehead atoms. The van der Waals surface area contributed by atoms with E-state index in [1.807, 2.05) is 19.1 Å². The molecule has 8 nitrogen and oxygen atoms in total. The first-order valence-electron chi connectivity index (χ1n) is 11.1. The minimum Gasteiger partial charge on any atom is -0.506 e. The number of nitrogens with zero attached hydrogens (tertiary/aromatic N) is 2. The first-order valence-corrected chi connectivity index (χ1v) is 14.1. The zero-order chi connectivity index (χ0) is 25.8. The van der Waals surface area contributed by atoms with Gasteiger partial charge in [0.25, 0.3) is 0 Å². The molecule has 1 aliphatic heterocycles. The predicted molar refractivity (Wildman–Crippen MR) is 138 cm³/mol. The van der Waals surface area contributed by atoms with Crippen LogP contribution in [0.3, 0.4) is 0 Å². The summed E-state index contributed by atoms with van der Waals surface area (Å²) in [6.45, 7) is 8.19. The van der Waals surface area contributed by atoms with Gasteiger partial charge in [-0.3, -0.25) is 9.52 Å². The standard InChI is InChI=1S/C25H28N3O5S2/c1-24(2,3)12-13-25(4)17-9-7-6-8-16(17)21(29)20(22(25)30)23-26-18-11-10-15(28-35(5,32)33)14-19(18)34(31)27-23/h6-11,14,28-29H,12-13H2,1-5H3/q-1/t25-/m1/s1. The molecule has 2 aromatic carbocycles. The third kappa shape index (κ3) is 4.90. The van der Waals surface area contributed by atoms with Crippen LogP contribution in [-0.4, -0.2) is 31.4 Å². The lowest BCUT2D eigenvalue weighted by Gasteiger charge is -2.37. The molecule has 1 aliphatic carbocycles. The highest BCUT2D eigenvalue weighted by Crippen LogP contribution is 2.45. The van der Waals surface area contributed by atoms with Crippen LogP contribution >= 0.6 is 0 Å². The number of benzene rings is 2. The smallest absolute Gasteiger partial charge is 0.229 e. The molecule has 35 heavy (non-hydrogen) atoms. The molecule has 4 rings (SSSR count). The Bertz CT molecular complexity index is 1490. The number of nitrogens with one attached hydrogen (secondary N) is 1. The molecular weight excluding hydrogens is 486 g/mol. The van der Waals surface area contributed by atoms with Crippen molar-refractivity contribution in [2.75, 3.05) is 11.0 Å². The minimum absolute atomic E-state index is 0.00746. The van der Waals surface area contributed by atoms with E-state index < -0.39 is 26.0 Å². The van der Waals surface area contributed by atoms with Gasteiger partial charge in [0, 0.05) is 11.3 Å². The second kappa shape index (κ2) is 8.60. The fourth-order valence-corrected chi connectivity index (χ4v) is 5.74. The van der Waals surface area contributed by atoms with Crippen LogP contribution in [0.5, 0.6) is 0 Å². The Morgan fingerprint density at radius 3 is 2.49 bits per heavy atom. The second-order valence-corrected chi connectivity index (χ2v) is 13.2. The molecule has 0 saturated carbocycles. The molecule has 2 aliphatic rings. The van der Waals surface area contributed by atoms with E-state index >= 15 is 0 Å². The van der Waals surface area contributed by atoms with Crippen molar-refractivity contribution in [2.24, 2.45) is 14.8 Å². The number of anilines is 1. The number of rotatable bonds is 5. The average Bonchev–Trinajstić information content (AvgIpc) is 2.75. The maximum atomic E-state index is 13.9. The largest absolute Gasteiger partial charge is 0.506 e. The van der Waals surface area contributed by atoms with Crippen molar-refractivity contribution >= 4 is 49.4 Å². The monoisotopic (exact) mass is 514 g/mol. The molecule has 2 aromatic rings. The normalized spacial score (nSPS) is 20.6. The number of carbonyl (C=O) groups is 1. The Balaban J connectivity index is 1.84. The molecule has 0 fully saturated rings. The van der Waals surface area contributed by atoms with Gasteiger partial charge in [-0.1, -0.05) is 56.0 Å². The molecule has 1 heterocycles. The fourth-order valence-electron chi connectivity index (χ4n) is 4.28. The maximum Gasteiger partial charge on any atom is 0.229 e. The molecule has 0 amide bonds. The minimum atomic E-state index is -3.52. The average molecular weight is 515 g/mol. The van der Waals surface area contributed by atoms with Crippen molar-refractivity contribution < 1.29 is 22.5 Å². The summed E-state index contributed by atoms with van der Waals surface area (Å²) in [7, 11) is -5.48. The number of amidine groups is 1. The summed E-state index contributed by atoms with van der Waals surface area (Å²) in [5.74, 6) is -0.660. The first-order chi connectivity index (χ1) is 16.2. The van der Waals surface area contributed by atoms with Crippen LogP contribution in [0, 0.1) is 5.41 Å². The number of hydrogen-bond acceptors (Lipinski definition) is 8. The van der Waals surface area contributed by atoms with Gasteiger partial charge in [-0.2, -0.15) is 10.6 Å². The van der Waals surface area contributed by atoms with Crippen LogP contribution < -0.4 is 4.72 Å². The highest BCUT2D eigenvalue weighted by Gasteiger charge is 2.45. The van der Waals surface area contributed by atoms with Crippen LogP contribution in [-0.2, 0) is 35.0 Å². The van der Waals surface area contributed by atoms with E-state index in [9.17, 15) is 22.5 Å². The SMILES string of the molecule is CC(C)(C)CC[C@@]1(C)C(=O)C(C2=Nc3ccc(NS(C)(=O)=O)cc3[S-](=O)=N2)=C(O)c2ccccc21.